The van der Waals surface area contributed by atoms with Crippen molar-refractivity contribution in [2.75, 3.05) is 14.2 Å². The first-order valence-corrected chi connectivity index (χ1v) is 5.02. The minimum atomic E-state index is 0.357. The number of methoxy groups -OCH3 is 2. The van der Waals surface area contributed by atoms with E-state index >= 15 is 0 Å². The van der Waals surface area contributed by atoms with E-state index in [0.717, 1.165) is 23.5 Å². The molecule has 0 saturated carbocycles. The lowest BCUT2D eigenvalue weighted by molar-refractivity contribution is 0.354. The predicted molar refractivity (Wildman–Crippen MR) is 60.3 cm³/mol. The molecular weight excluding hydrogens is 190 g/mol. The molecule has 1 unspecified atom stereocenters. The number of hydrogen-bond acceptors (Lipinski definition) is 3. The Hall–Kier alpha value is -1.51. The Morgan fingerprint density at radius 1 is 1.20 bits per heavy atom. The molecule has 0 aromatic heterocycles. The van der Waals surface area contributed by atoms with Gasteiger partial charge in [-0.15, -0.1) is 0 Å². The van der Waals surface area contributed by atoms with Crippen LogP contribution >= 0.6 is 0 Å². The van der Waals surface area contributed by atoms with Gasteiger partial charge in [-0.05, 0) is 36.6 Å². The highest BCUT2D eigenvalue weighted by molar-refractivity contribution is 5.84. The zero-order valence-electron chi connectivity index (χ0n) is 9.28. The van der Waals surface area contributed by atoms with Gasteiger partial charge in [-0.3, -0.25) is 4.99 Å². The van der Waals surface area contributed by atoms with E-state index in [1.165, 1.54) is 5.56 Å². The molecule has 0 saturated heterocycles. The summed E-state index contributed by atoms with van der Waals surface area (Å²) in [5, 5.41) is 0. The van der Waals surface area contributed by atoms with Gasteiger partial charge in [0.15, 0.2) is 11.5 Å². The van der Waals surface area contributed by atoms with E-state index < -0.39 is 0 Å². The number of fused-ring (bicyclic) bond motifs is 1. The minimum Gasteiger partial charge on any atom is -0.493 e. The van der Waals surface area contributed by atoms with Crippen LogP contribution in [0.4, 0.5) is 0 Å². The van der Waals surface area contributed by atoms with E-state index in [0.29, 0.717) is 6.04 Å². The van der Waals surface area contributed by atoms with E-state index in [4.69, 9.17) is 9.47 Å². The molecular formula is C12H15NO2. The summed E-state index contributed by atoms with van der Waals surface area (Å²) in [6.45, 7) is 2.11. The maximum Gasteiger partial charge on any atom is 0.161 e. The highest BCUT2D eigenvalue weighted by atomic mass is 16.5. The summed E-state index contributed by atoms with van der Waals surface area (Å²) >= 11 is 0. The standard InChI is InChI=1S/C12H15NO2/c1-8-4-9-5-11(14-2)12(15-3)6-10(9)7-13-8/h5-8H,4H2,1-3H3. The number of benzene rings is 1. The SMILES string of the molecule is COc1cc2c(cc1OC)CC(C)N=C2. The topological polar surface area (TPSA) is 30.8 Å². The molecule has 0 amide bonds. The zero-order chi connectivity index (χ0) is 10.8. The Morgan fingerprint density at radius 2 is 1.87 bits per heavy atom. The molecule has 1 aliphatic rings. The molecule has 1 aliphatic heterocycles. The molecule has 0 aliphatic carbocycles. The maximum absolute atomic E-state index is 5.27. The molecule has 2 rings (SSSR count). The van der Waals surface area contributed by atoms with Crippen LogP contribution in [0.3, 0.4) is 0 Å². The Morgan fingerprint density at radius 3 is 2.53 bits per heavy atom. The van der Waals surface area contributed by atoms with Crippen molar-refractivity contribution in [1.82, 2.24) is 0 Å². The Balaban J connectivity index is 2.47. The molecule has 0 fully saturated rings. The molecule has 0 N–H and O–H groups in total. The van der Waals surface area contributed by atoms with Gasteiger partial charge in [0.1, 0.15) is 0 Å². The average molecular weight is 205 g/mol. The molecule has 15 heavy (non-hydrogen) atoms. The summed E-state index contributed by atoms with van der Waals surface area (Å²) in [5.41, 5.74) is 2.40. The first-order valence-electron chi connectivity index (χ1n) is 5.02. The van der Waals surface area contributed by atoms with Gasteiger partial charge in [-0.2, -0.15) is 0 Å². The molecule has 0 spiro atoms. The second kappa shape index (κ2) is 3.93. The van der Waals surface area contributed by atoms with Crippen LogP contribution in [-0.4, -0.2) is 26.5 Å². The van der Waals surface area contributed by atoms with Gasteiger partial charge >= 0.3 is 0 Å². The molecule has 1 aromatic carbocycles. The summed E-state index contributed by atoms with van der Waals surface area (Å²) in [6, 6.07) is 4.37. The number of aliphatic imine (C=N–C) groups is 1. The van der Waals surface area contributed by atoms with Crippen molar-refractivity contribution in [1.29, 1.82) is 0 Å². The molecule has 80 valence electrons. The van der Waals surface area contributed by atoms with Gasteiger partial charge < -0.3 is 9.47 Å². The third kappa shape index (κ3) is 1.82. The fourth-order valence-electron chi connectivity index (χ4n) is 1.81. The smallest absolute Gasteiger partial charge is 0.161 e. The normalized spacial score (nSPS) is 18.5. The van der Waals surface area contributed by atoms with Gasteiger partial charge in [0, 0.05) is 6.21 Å². The van der Waals surface area contributed by atoms with Crippen molar-refractivity contribution in [2.24, 2.45) is 4.99 Å². The first-order chi connectivity index (χ1) is 7.24. The summed E-state index contributed by atoms with van der Waals surface area (Å²) in [4.78, 5) is 4.38. The number of nitrogens with zero attached hydrogens (tertiary/aromatic N) is 1. The second-order valence-corrected chi connectivity index (χ2v) is 3.74. The average Bonchev–Trinajstić information content (AvgIpc) is 2.27. The third-order valence-corrected chi connectivity index (χ3v) is 2.63. The number of rotatable bonds is 2. The van der Waals surface area contributed by atoms with Crippen molar-refractivity contribution >= 4 is 6.21 Å². The van der Waals surface area contributed by atoms with Gasteiger partial charge in [0.25, 0.3) is 0 Å². The van der Waals surface area contributed by atoms with Crippen molar-refractivity contribution in [3.63, 3.8) is 0 Å². The highest BCUT2D eigenvalue weighted by Gasteiger charge is 2.15. The Kier molecular flexibility index (Phi) is 2.62. The fraction of sp³-hybridized carbons (Fsp3) is 0.417. The quantitative estimate of drug-likeness (QED) is 0.740. The number of ether oxygens (including phenoxy) is 2. The predicted octanol–water partition coefficient (Wildman–Crippen LogP) is 2.07. The van der Waals surface area contributed by atoms with E-state index in [9.17, 15) is 0 Å². The fourth-order valence-corrected chi connectivity index (χ4v) is 1.81. The van der Waals surface area contributed by atoms with E-state index in [-0.39, 0.29) is 0 Å². The van der Waals surface area contributed by atoms with Crippen molar-refractivity contribution < 1.29 is 9.47 Å². The molecule has 3 heteroatoms. The first kappa shape index (κ1) is 10.0. The summed E-state index contributed by atoms with van der Waals surface area (Å²) in [6.07, 6.45) is 2.87. The van der Waals surface area contributed by atoms with Crippen LogP contribution in [0.1, 0.15) is 18.1 Å². The van der Waals surface area contributed by atoms with Gasteiger partial charge in [0.05, 0.1) is 20.3 Å². The number of hydrogen-bond donors (Lipinski definition) is 0. The van der Waals surface area contributed by atoms with Crippen molar-refractivity contribution in [3.8, 4) is 11.5 Å². The maximum atomic E-state index is 5.27. The molecule has 0 radical (unpaired) electrons. The molecule has 1 aromatic rings. The lowest BCUT2D eigenvalue weighted by Crippen LogP contribution is -2.12. The molecule has 0 bridgehead atoms. The van der Waals surface area contributed by atoms with Crippen LogP contribution in [0.25, 0.3) is 0 Å². The third-order valence-electron chi connectivity index (χ3n) is 2.63. The van der Waals surface area contributed by atoms with Crippen LogP contribution in [0.2, 0.25) is 0 Å². The summed E-state index contributed by atoms with van der Waals surface area (Å²) < 4.78 is 10.5. The molecule has 3 nitrogen and oxygen atoms in total. The summed E-state index contributed by atoms with van der Waals surface area (Å²) in [7, 11) is 3.30. The van der Waals surface area contributed by atoms with Crippen LogP contribution in [0, 0.1) is 0 Å². The second-order valence-electron chi connectivity index (χ2n) is 3.74. The monoisotopic (exact) mass is 205 g/mol. The van der Waals surface area contributed by atoms with Crippen LogP contribution in [-0.2, 0) is 6.42 Å². The van der Waals surface area contributed by atoms with Crippen molar-refractivity contribution in [3.05, 3.63) is 23.3 Å². The molecule has 1 atom stereocenters. The Labute approximate surface area is 89.7 Å². The lowest BCUT2D eigenvalue weighted by Gasteiger charge is -2.17. The van der Waals surface area contributed by atoms with E-state index in [1.54, 1.807) is 14.2 Å². The minimum absolute atomic E-state index is 0.357. The summed E-state index contributed by atoms with van der Waals surface area (Å²) in [5.74, 6) is 1.55. The largest absolute Gasteiger partial charge is 0.493 e. The van der Waals surface area contributed by atoms with Gasteiger partial charge in [0.2, 0.25) is 0 Å². The van der Waals surface area contributed by atoms with Gasteiger partial charge in [-0.1, -0.05) is 0 Å². The molecule has 1 heterocycles. The zero-order valence-corrected chi connectivity index (χ0v) is 9.28. The lowest BCUT2D eigenvalue weighted by atomic mass is 9.98. The van der Waals surface area contributed by atoms with E-state index in [1.807, 2.05) is 18.3 Å². The van der Waals surface area contributed by atoms with Crippen molar-refractivity contribution in [2.45, 2.75) is 19.4 Å². The van der Waals surface area contributed by atoms with Gasteiger partial charge in [-0.25, -0.2) is 0 Å². The highest BCUT2D eigenvalue weighted by Crippen LogP contribution is 2.31. The van der Waals surface area contributed by atoms with Crippen LogP contribution in [0.15, 0.2) is 17.1 Å². The van der Waals surface area contributed by atoms with E-state index in [2.05, 4.69) is 11.9 Å². The Bertz CT molecular complexity index is 399. The van der Waals surface area contributed by atoms with Crippen LogP contribution in [0.5, 0.6) is 11.5 Å². The van der Waals surface area contributed by atoms with Crippen LogP contribution < -0.4 is 9.47 Å².